The van der Waals surface area contributed by atoms with Gasteiger partial charge in [0.05, 0.1) is 33.0 Å². The quantitative estimate of drug-likeness (QED) is 0.0378. The first-order valence-electron chi connectivity index (χ1n) is 29.2. The summed E-state index contributed by atoms with van der Waals surface area (Å²) in [7, 11) is 1.67. The van der Waals surface area contributed by atoms with Crippen LogP contribution < -0.4 is 28.4 Å². The van der Waals surface area contributed by atoms with Gasteiger partial charge < -0.3 is 28.4 Å². The Hall–Kier alpha value is -6.14. The van der Waals surface area contributed by atoms with Gasteiger partial charge in [0.2, 0.25) is 0 Å². The summed E-state index contributed by atoms with van der Waals surface area (Å²) in [4.78, 5) is 0. The molecule has 0 radical (unpaired) electrons. The Bertz CT molecular complexity index is 2230. The number of allylic oxidation sites excluding steroid dienone is 1. The van der Waals surface area contributed by atoms with Crippen molar-refractivity contribution in [1.29, 1.82) is 0 Å². The van der Waals surface area contributed by atoms with Crippen LogP contribution in [0.25, 0.3) is 0 Å². The van der Waals surface area contributed by atoms with E-state index in [1.54, 1.807) is 7.11 Å². The van der Waals surface area contributed by atoms with Crippen molar-refractivity contribution in [3.63, 3.8) is 0 Å². The number of hydrogen-bond acceptors (Lipinski definition) is 6. The van der Waals surface area contributed by atoms with Gasteiger partial charge in [0.15, 0.2) is 0 Å². The van der Waals surface area contributed by atoms with Gasteiger partial charge in [0.25, 0.3) is 0 Å². The van der Waals surface area contributed by atoms with Gasteiger partial charge in [-0.05, 0) is 153 Å². The summed E-state index contributed by atoms with van der Waals surface area (Å²) in [5.41, 5.74) is 7.63. The molecule has 6 nitrogen and oxygen atoms in total. The standard InChI is InChI=1S/C17H28O.C13H20O.C12H18O.C12H16O.C9H12O.C8H10O/c1-3-4-5-6-7-8-9-10-15-18-17-13-11-16(2)12-14-17;1-3-4-5-6-11-14-13-9-7-12(2)8-10-13;1-4-11(5-2)13-12-8-6-10(3)7-9-12;1-3-4-5-10-13-12-8-6-11(2)7-9-12;1-3-10-9-6-4-8(2)5-7-9;1-7-3-5-8(9-2)6-4-7/h11-14H,3-10,15H2,1-2H3;7-10H,3-6,11H2,1-2H3;6-9,11H,4-5H2,1-3H3;4-9H,3,10H2,1-2H3;4-7H,3H2,1-2H3;3-6H,1-2H3/b;;;5-4+;;. The van der Waals surface area contributed by atoms with Crippen LogP contribution in [0.3, 0.4) is 0 Å². The zero-order chi connectivity index (χ0) is 56.6. The first kappa shape index (κ1) is 68.9. The van der Waals surface area contributed by atoms with E-state index in [4.69, 9.17) is 28.4 Å². The van der Waals surface area contributed by atoms with Crippen LogP contribution in [-0.4, -0.2) is 39.6 Å². The van der Waals surface area contributed by atoms with Gasteiger partial charge in [0, 0.05) is 0 Å². The van der Waals surface area contributed by atoms with Gasteiger partial charge in [-0.25, -0.2) is 0 Å². The van der Waals surface area contributed by atoms with E-state index in [9.17, 15) is 0 Å². The van der Waals surface area contributed by atoms with Crippen molar-refractivity contribution in [2.45, 2.75) is 186 Å². The number of ether oxygens (including phenoxy) is 6. The van der Waals surface area contributed by atoms with Crippen molar-refractivity contribution in [3.05, 3.63) is 191 Å². The first-order chi connectivity index (χ1) is 37.4. The molecule has 6 heteroatoms. The highest BCUT2D eigenvalue weighted by Crippen LogP contribution is 2.18. The van der Waals surface area contributed by atoms with Crippen LogP contribution in [0.4, 0.5) is 0 Å². The molecule has 0 atom stereocenters. The molecule has 0 aliphatic heterocycles. The third-order valence-electron chi connectivity index (χ3n) is 12.2. The lowest BCUT2D eigenvalue weighted by molar-refractivity contribution is 0.193. The minimum Gasteiger partial charge on any atom is -0.497 e. The topological polar surface area (TPSA) is 55.4 Å². The molecule has 6 aromatic carbocycles. The molecule has 0 fully saturated rings. The fourth-order valence-electron chi connectivity index (χ4n) is 7.17. The molecule has 0 aliphatic carbocycles. The van der Waals surface area contributed by atoms with Gasteiger partial charge >= 0.3 is 0 Å². The molecule has 0 amide bonds. The van der Waals surface area contributed by atoms with Gasteiger partial charge in [-0.15, -0.1) is 0 Å². The highest BCUT2D eigenvalue weighted by Gasteiger charge is 2.04. The molecule has 6 aromatic rings. The third kappa shape index (κ3) is 39.0. The Morgan fingerprint density at radius 1 is 0.325 bits per heavy atom. The molecule has 0 aromatic heterocycles. The van der Waals surface area contributed by atoms with E-state index < -0.39 is 0 Å². The van der Waals surface area contributed by atoms with E-state index in [0.29, 0.717) is 12.7 Å². The number of hydrogen-bond donors (Lipinski definition) is 0. The lowest BCUT2D eigenvalue weighted by atomic mass is 10.1. The van der Waals surface area contributed by atoms with Crippen molar-refractivity contribution in [3.8, 4) is 34.5 Å². The van der Waals surface area contributed by atoms with E-state index in [1.165, 1.54) is 110 Å². The SMILES string of the molecule is CC/C=C/COc1ccc(C)cc1.CCC(CC)Oc1ccc(C)cc1.CCCCCCCCCCOc1ccc(C)cc1.CCCCCCOc1ccc(C)cc1.CCOc1ccc(C)cc1.COc1ccc(C)cc1. The molecule has 0 heterocycles. The van der Waals surface area contributed by atoms with Gasteiger partial charge in [-0.1, -0.05) is 217 Å². The minimum absolute atomic E-state index is 0.364. The predicted octanol–water partition coefficient (Wildman–Crippen LogP) is 20.8. The number of rotatable bonds is 27. The van der Waals surface area contributed by atoms with Gasteiger partial charge in [0.1, 0.15) is 41.1 Å². The molecule has 0 saturated heterocycles. The van der Waals surface area contributed by atoms with E-state index >= 15 is 0 Å². The van der Waals surface area contributed by atoms with E-state index in [2.05, 4.69) is 143 Å². The second-order valence-electron chi connectivity index (χ2n) is 19.5. The molecule has 0 spiro atoms. The summed E-state index contributed by atoms with van der Waals surface area (Å²) in [6, 6.07) is 48.9. The van der Waals surface area contributed by atoms with Crippen LogP contribution in [0, 0.1) is 41.5 Å². The minimum atomic E-state index is 0.364. The summed E-state index contributed by atoms with van der Waals surface area (Å²) in [5.74, 6) is 5.79. The summed E-state index contributed by atoms with van der Waals surface area (Å²) >= 11 is 0. The van der Waals surface area contributed by atoms with Gasteiger partial charge in [-0.2, -0.15) is 0 Å². The largest absolute Gasteiger partial charge is 0.497 e. The Balaban J connectivity index is 0.000000468. The average Bonchev–Trinajstić information content (AvgIpc) is 3.45. The fraction of sp³-hybridized carbons (Fsp3) is 0.465. The molecular formula is C71H104O6. The summed E-state index contributed by atoms with van der Waals surface area (Å²) in [6.07, 6.45) is 23.6. The second kappa shape index (κ2) is 47.1. The van der Waals surface area contributed by atoms with Gasteiger partial charge in [-0.3, -0.25) is 0 Å². The Kier molecular flexibility index (Phi) is 42.1. The molecule has 0 bridgehead atoms. The van der Waals surface area contributed by atoms with Crippen molar-refractivity contribution in [2.24, 2.45) is 0 Å². The normalized spacial score (nSPS) is 10.2. The van der Waals surface area contributed by atoms with Crippen LogP contribution in [0.15, 0.2) is 158 Å². The Labute approximate surface area is 471 Å². The maximum Gasteiger partial charge on any atom is 0.119 e. The van der Waals surface area contributed by atoms with Crippen molar-refractivity contribution < 1.29 is 28.4 Å². The molecular weight excluding hydrogens is 949 g/mol. The van der Waals surface area contributed by atoms with Crippen LogP contribution in [0.5, 0.6) is 34.5 Å². The Morgan fingerprint density at radius 3 is 0.948 bits per heavy atom. The zero-order valence-electron chi connectivity index (χ0n) is 50.5. The summed E-state index contributed by atoms with van der Waals surface area (Å²) < 4.78 is 32.8. The monoisotopic (exact) mass is 1050 g/mol. The van der Waals surface area contributed by atoms with Crippen LogP contribution in [0.2, 0.25) is 0 Å². The highest BCUT2D eigenvalue weighted by atomic mass is 16.5. The van der Waals surface area contributed by atoms with Crippen LogP contribution >= 0.6 is 0 Å². The number of benzene rings is 6. The van der Waals surface area contributed by atoms with E-state index in [0.717, 1.165) is 73.6 Å². The highest BCUT2D eigenvalue weighted by molar-refractivity contribution is 5.30. The van der Waals surface area contributed by atoms with E-state index in [-0.39, 0.29) is 0 Å². The molecule has 77 heavy (non-hydrogen) atoms. The van der Waals surface area contributed by atoms with Crippen molar-refractivity contribution >= 4 is 0 Å². The maximum atomic E-state index is 5.77. The Morgan fingerprint density at radius 2 is 0.623 bits per heavy atom. The van der Waals surface area contributed by atoms with E-state index in [1.807, 2.05) is 97.9 Å². The average molecular weight is 1050 g/mol. The molecule has 424 valence electrons. The molecule has 0 N–H and O–H groups in total. The van der Waals surface area contributed by atoms with Crippen LogP contribution in [-0.2, 0) is 0 Å². The molecule has 6 rings (SSSR count). The van der Waals surface area contributed by atoms with Crippen molar-refractivity contribution in [1.82, 2.24) is 0 Å². The maximum absolute atomic E-state index is 5.77. The number of unbranched alkanes of at least 4 members (excludes halogenated alkanes) is 10. The summed E-state index contributed by atoms with van der Waals surface area (Å²) in [5, 5.41) is 0. The number of aryl methyl sites for hydroxylation is 6. The van der Waals surface area contributed by atoms with Crippen LogP contribution in [0.1, 0.15) is 171 Å². The second-order valence-corrected chi connectivity index (χ2v) is 19.5. The van der Waals surface area contributed by atoms with Crippen molar-refractivity contribution in [2.75, 3.05) is 33.5 Å². The molecule has 0 aliphatic rings. The molecule has 0 unspecified atom stereocenters. The summed E-state index contributed by atoms with van der Waals surface area (Å²) in [6.45, 7) is 28.5. The molecule has 0 saturated carbocycles. The first-order valence-corrected chi connectivity index (χ1v) is 29.2. The zero-order valence-corrected chi connectivity index (χ0v) is 50.5. The number of methoxy groups -OCH3 is 1. The fourth-order valence-corrected chi connectivity index (χ4v) is 7.17. The third-order valence-corrected chi connectivity index (χ3v) is 12.2. The lowest BCUT2D eigenvalue weighted by Crippen LogP contribution is -2.13. The smallest absolute Gasteiger partial charge is 0.119 e. The lowest BCUT2D eigenvalue weighted by Gasteiger charge is -2.15. The predicted molar refractivity (Wildman–Crippen MR) is 332 cm³/mol.